The second-order valence-electron chi connectivity index (χ2n) is 6.15. The van der Waals surface area contributed by atoms with Crippen LogP contribution in [-0.4, -0.2) is 62.8 Å². The van der Waals surface area contributed by atoms with Crippen molar-refractivity contribution in [3.63, 3.8) is 0 Å². The highest BCUT2D eigenvalue weighted by Gasteiger charge is 2.21. The molecular formula is C17H24ClN3O2. The molecule has 1 aromatic carbocycles. The van der Waals surface area contributed by atoms with Gasteiger partial charge in [0, 0.05) is 39.3 Å². The molecule has 2 heterocycles. The lowest BCUT2D eigenvalue weighted by atomic mass is 10.2. The van der Waals surface area contributed by atoms with Gasteiger partial charge in [0.25, 0.3) is 0 Å². The number of piperazine rings is 1. The van der Waals surface area contributed by atoms with Crippen molar-refractivity contribution >= 4 is 23.2 Å². The molecule has 1 N–H and O–H groups in total. The SMILES string of the molecule is O=C(CN1CCN(c2ccccc2Cl)CC1)NC[C@H]1CCCO1. The van der Waals surface area contributed by atoms with Crippen LogP contribution in [0.3, 0.4) is 0 Å². The van der Waals surface area contributed by atoms with Crippen molar-refractivity contribution in [2.24, 2.45) is 0 Å². The van der Waals surface area contributed by atoms with E-state index in [9.17, 15) is 4.79 Å². The Morgan fingerprint density at radius 1 is 1.26 bits per heavy atom. The van der Waals surface area contributed by atoms with E-state index in [1.54, 1.807) is 0 Å². The monoisotopic (exact) mass is 337 g/mol. The largest absolute Gasteiger partial charge is 0.376 e. The lowest BCUT2D eigenvalue weighted by Crippen LogP contribution is -2.50. The van der Waals surface area contributed by atoms with Gasteiger partial charge in [-0.2, -0.15) is 0 Å². The molecule has 1 amide bonds. The van der Waals surface area contributed by atoms with E-state index in [0.29, 0.717) is 13.1 Å². The van der Waals surface area contributed by atoms with E-state index in [1.807, 2.05) is 24.3 Å². The molecule has 0 aliphatic carbocycles. The Bertz CT molecular complexity index is 526. The minimum atomic E-state index is 0.0895. The first-order chi connectivity index (χ1) is 11.2. The van der Waals surface area contributed by atoms with Crippen molar-refractivity contribution in [1.29, 1.82) is 0 Å². The lowest BCUT2D eigenvalue weighted by molar-refractivity contribution is -0.122. The first kappa shape index (κ1) is 16.6. The fourth-order valence-corrected chi connectivity index (χ4v) is 3.40. The number of ether oxygens (including phenoxy) is 1. The molecular weight excluding hydrogens is 314 g/mol. The first-order valence-corrected chi connectivity index (χ1v) is 8.70. The Morgan fingerprint density at radius 2 is 2.04 bits per heavy atom. The molecule has 126 valence electrons. The third kappa shape index (κ3) is 4.59. The Balaban J connectivity index is 1.40. The van der Waals surface area contributed by atoms with E-state index in [1.165, 1.54) is 0 Å². The molecule has 2 aliphatic heterocycles. The minimum Gasteiger partial charge on any atom is -0.376 e. The molecule has 1 aromatic rings. The topological polar surface area (TPSA) is 44.8 Å². The van der Waals surface area contributed by atoms with Crippen molar-refractivity contribution in [2.45, 2.75) is 18.9 Å². The molecule has 2 saturated heterocycles. The van der Waals surface area contributed by atoms with E-state index in [0.717, 1.165) is 56.3 Å². The lowest BCUT2D eigenvalue weighted by Gasteiger charge is -2.36. The Kier molecular flexibility index (Phi) is 5.75. The molecule has 5 nitrogen and oxygen atoms in total. The van der Waals surface area contributed by atoms with Crippen LogP contribution in [0.2, 0.25) is 5.02 Å². The van der Waals surface area contributed by atoms with Gasteiger partial charge in [-0.25, -0.2) is 0 Å². The van der Waals surface area contributed by atoms with Gasteiger partial charge in [0.1, 0.15) is 0 Å². The van der Waals surface area contributed by atoms with Crippen LogP contribution in [0.25, 0.3) is 0 Å². The number of halogens is 1. The average molecular weight is 338 g/mol. The maximum atomic E-state index is 12.0. The third-order valence-electron chi connectivity index (χ3n) is 4.48. The quantitative estimate of drug-likeness (QED) is 0.889. The number of nitrogens with zero attached hydrogens (tertiary/aromatic N) is 2. The molecule has 0 radical (unpaired) electrons. The van der Waals surface area contributed by atoms with Crippen molar-refractivity contribution in [3.8, 4) is 0 Å². The molecule has 0 aromatic heterocycles. The summed E-state index contributed by atoms with van der Waals surface area (Å²) in [6.45, 7) is 5.45. The first-order valence-electron chi connectivity index (χ1n) is 8.32. The van der Waals surface area contributed by atoms with Crippen molar-refractivity contribution in [1.82, 2.24) is 10.2 Å². The fraction of sp³-hybridized carbons (Fsp3) is 0.588. The molecule has 23 heavy (non-hydrogen) atoms. The van der Waals surface area contributed by atoms with E-state index >= 15 is 0 Å². The van der Waals surface area contributed by atoms with E-state index in [4.69, 9.17) is 16.3 Å². The van der Waals surface area contributed by atoms with Crippen LogP contribution in [0.1, 0.15) is 12.8 Å². The van der Waals surface area contributed by atoms with Gasteiger partial charge >= 0.3 is 0 Å². The molecule has 0 spiro atoms. The summed E-state index contributed by atoms with van der Waals surface area (Å²) in [5.41, 5.74) is 1.08. The summed E-state index contributed by atoms with van der Waals surface area (Å²) in [5.74, 6) is 0.0895. The standard InChI is InChI=1S/C17H24ClN3O2/c18-15-5-1-2-6-16(15)21-9-7-20(8-10-21)13-17(22)19-12-14-4-3-11-23-14/h1-2,5-6,14H,3-4,7-13H2,(H,19,22)/t14-/m1/s1. The number of amides is 1. The number of carbonyl (C=O) groups excluding carboxylic acids is 1. The number of nitrogens with one attached hydrogen (secondary N) is 1. The highest BCUT2D eigenvalue weighted by molar-refractivity contribution is 6.33. The molecule has 6 heteroatoms. The van der Waals surface area contributed by atoms with Gasteiger partial charge in [-0.05, 0) is 25.0 Å². The van der Waals surface area contributed by atoms with Crippen molar-refractivity contribution < 1.29 is 9.53 Å². The van der Waals surface area contributed by atoms with Crippen LogP contribution in [0.4, 0.5) is 5.69 Å². The number of anilines is 1. The predicted octanol–water partition coefficient (Wildman–Crippen LogP) is 1.76. The molecule has 3 rings (SSSR count). The summed E-state index contributed by atoms with van der Waals surface area (Å²) >= 11 is 6.25. The third-order valence-corrected chi connectivity index (χ3v) is 4.80. The molecule has 0 saturated carbocycles. The second kappa shape index (κ2) is 7.99. The predicted molar refractivity (Wildman–Crippen MR) is 92.1 cm³/mol. The molecule has 0 unspecified atom stereocenters. The summed E-state index contributed by atoms with van der Waals surface area (Å²) in [5, 5.41) is 3.77. The van der Waals surface area contributed by atoms with Crippen molar-refractivity contribution in [2.75, 3.05) is 50.8 Å². The number of benzene rings is 1. The van der Waals surface area contributed by atoms with Gasteiger partial charge in [-0.3, -0.25) is 9.69 Å². The normalized spacial score (nSPS) is 22.3. The van der Waals surface area contributed by atoms with E-state index < -0.39 is 0 Å². The maximum absolute atomic E-state index is 12.0. The van der Waals surface area contributed by atoms with Crippen LogP contribution in [-0.2, 0) is 9.53 Å². The van der Waals surface area contributed by atoms with Gasteiger partial charge in [-0.15, -0.1) is 0 Å². The molecule has 2 fully saturated rings. The smallest absolute Gasteiger partial charge is 0.234 e. The van der Waals surface area contributed by atoms with Crippen LogP contribution in [0.15, 0.2) is 24.3 Å². The van der Waals surface area contributed by atoms with Crippen LogP contribution in [0, 0.1) is 0 Å². The summed E-state index contributed by atoms with van der Waals surface area (Å²) in [6, 6.07) is 7.92. The van der Waals surface area contributed by atoms with Gasteiger partial charge < -0.3 is 15.0 Å². The van der Waals surface area contributed by atoms with Crippen LogP contribution < -0.4 is 10.2 Å². The Labute approximate surface area is 142 Å². The Morgan fingerprint density at radius 3 is 2.74 bits per heavy atom. The molecule has 1 atom stereocenters. The molecule has 0 bridgehead atoms. The number of hydrogen-bond donors (Lipinski definition) is 1. The Hall–Kier alpha value is -1.30. The maximum Gasteiger partial charge on any atom is 0.234 e. The van der Waals surface area contributed by atoms with Gasteiger partial charge in [-0.1, -0.05) is 23.7 Å². The highest BCUT2D eigenvalue weighted by Crippen LogP contribution is 2.25. The zero-order valence-electron chi connectivity index (χ0n) is 13.3. The summed E-state index contributed by atoms with van der Waals surface area (Å²) in [7, 11) is 0. The number of rotatable bonds is 5. The summed E-state index contributed by atoms with van der Waals surface area (Å²) in [4.78, 5) is 16.5. The average Bonchev–Trinajstić information content (AvgIpc) is 3.08. The van der Waals surface area contributed by atoms with Crippen LogP contribution >= 0.6 is 11.6 Å². The van der Waals surface area contributed by atoms with E-state index in [2.05, 4.69) is 15.1 Å². The summed E-state index contributed by atoms with van der Waals surface area (Å²) < 4.78 is 5.52. The van der Waals surface area contributed by atoms with Gasteiger partial charge in [0.2, 0.25) is 5.91 Å². The number of carbonyl (C=O) groups is 1. The minimum absolute atomic E-state index is 0.0895. The molecule has 2 aliphatic rings. The number of para-hydroxylation sites is 1. The van der Waals surface area contributed by atoms with E-state index in [-0.39, 0.29) is 12.0 Å². The summed E-state index contributed by atoms with van der Waals surface area (Å²) in [6.07, 6.45) is 2.36. The second-order valence-corrected chi connectivity index (χ2v) is 6.56. The zero-order valence-corrected chi connectivity index (χ0v) is 14.1. The van der Waals surface area contributed by atoms with Gasteiger partial charge in [0.05, 0.1) is 23.4 Å². The van der Waals surface area contributed by atoms with Crippen molar-refractivity contribution in [3.05, 3.63) is 29.3 Å². The zero-order chi connectivity index (χ0) is 16.1. The van der Waals surface area contributed by atoms with Gasteiger partial charge in [0.15, 0.2) is 0 Å². The highest BCUT2D eigenvalue weighted by atomic mass is 35.5. The van der Waals surface area contributed by atoms with Crippen LogP contribution in [0.5, 0.6) is 0 Å². The number of hydrogen-bond acceptors (Lipinski definition) is 4. The fourth-order valence-electron chi connectivity index (χ4n) is 3.15.